The molecule has 1 fully saturated rings. The van der Waals surface area contributed by atoms with Crippen molar-refractivity contribution in [3.05, 3.63) is 11.7 Å². The van der Waals surface area contributed by atoms with Crippen LogP contribution in [-0.4, -0.2) is 23.2 Å². The molecule has 0 amide bonds. The number of nitrogens with one attached hydrogen (secondary N) is 1. The number of hydrogen-bond donors (Lipinski definition) is 1. The van der Waals surface area contributed by atoms with Gasteiger partial charge in [0.05, 0.1) is 0 Å². The van der Waals surface area contributed by atoms with E-state index in [1.165, 1.54) is 0 Å². The molecule has 0 aliphatic carbocycles. The Hall–Kier alpha value is -0.900. The second kappa shape index (κ2) is 3.46. The van der Waals surface area contributed by atoms with E-state index in [9.17, 15) is 0 Å². The zero-order chi connectivity index (χ0) is 9.26. The van der Waals surface area contributed by atoms with E-state index in [-0.39, 0.29) is 0 Å². The number of rotatable bonds is 3. The first-order chi connectivity index (χ1) is 6.31. The summed E-state index contributed by atoms with van der Waals surface area (Å²) in [6.45, 7) is 6.33. The number of aromatic nitrogens is 2. The number of hydrogen-bond acceptors (Lipinski definition) is 4. The van der Waals surface area contributed by atoms with Crippen molar-refractivity contribution < 1.29 is 4.52 Å². The van der Waals surface area contributed by atoms with Crippen LogP contribution in [-0.2, 0) is 6.42 Å². The van der Waals surface area contributed by atoms with Gasteiger partial charge in [0.15, 0.2) is 5.82 Å². The van der Waals surface area contributed by atoms with Gasteiger partial charge in [-0.05, 0) is 19.0 Å². The molecule has 0 radical (unpaired) electrons. The Balaban J connectivity index is 2.05. The van der Waals surface area contributed by atoms with E-state index in [1.54, 1.807) is 0 Å². The Kier molecular flexibility index (Phi) is 2.31. The smallest absolute Gasteiger partial charge is 0.229 e. The van der Waals surface area contributed by atoms with Crippen molar-refractivity contribution in [3.8, 4) is 0 Å². The largest absolute Gasteiger partial charge is 0.339 e. The molecule has 4 heteroatoms. The van der Waals surface area contributed by atoms with E-state index in [0.717, 1.165) is 31.2 Å². The van der Waals surface area contributed by atoms with Gasteiger partial charge < -0.3 is 9.84 Å². The molecule has 2 heterocycles. The molecule has 0 aromatic carbocycles. The monoisotopic (exact) mass is 181 g/mol. The second-order valence-corrected chi connectivity index (χ2v) is 3.61. The third-order valence-corrected chi connectivity index (χ3v) is 2.71. The van der Waals surface area contributed by atoms with E-state index in [1.807, 2.05) is 6.92 Å². The molecule has 1 aromatic rings. The van der Waals surface area contributed by atoms with Gasteiger partial charge in [-0.1, -0.05) is 19.0 Å². The fourth-order valence-corrected chi connectivity index (χ4v) is 1.46. The van der Waals surface area contributed by atoms with Crippen LogP contribution in [0, 0.1) is 5.92 Å². The first-order valence-corrected chi connectivity index (χ1v) is 4.84. The molecule has 2 rings (SSSR count). The highest BCUT2D eigenvalue weighted by molar-refractivity contribution is 4.98. The van der Waals surface area contributed by atoms with Gasteiger partial charge in [-0.2, -0.15) is 4.98 Å². The van der Waals surface area contributed by atoms with Crippen LogP contribution in [0.1, 0.15) is 31.5 Å². The van der Waals surface area contributed by atoms with Crippen molar-refractivity contribution in [2.75, 3.05) is 13.1 Å². The molecule has 1 N–H and O–H groups in total. The molecule has 1 saturated heterocycles. The topological polar surface area (TPSA) is 51.0 Å². The maximum absolute atomic E-state index is 5.19. The van der Waals surface area contributed by atoms with Crippen molar-refractivity contribution in [2.45, 2.75) is 26.2 Å². The summed E-state index contributed by atoms with van der Waals surface area (Å²) in [5.41, 5.74) is 0. The van der Waals surface area contributed by atoms with E-state index >= 15 is 0 Å². The van der Waals surface area contributed by atoms with Crippen molar-refractivity contribution >= 4 is 0 Å². The zero-order valence-electron chi connectivity index (χ0n) is 8.08. The standard InChI is InChI=1S/C9H15N3O/c1-3-8-11-9(13-12-8)6(2)7-4-10-5-7/h6-7,10H,3-5H2,1-2H3. The summed E-state index contributed by atoms with van der Waals surface area (Å²) < 4.78 is 5.19. The van der Waals surface area contributed by atoms with Gasteiger partial charge in [0, 0.05) is 12.3 Å². The molecule has 72 valence electrons. The lowest BCUT2D eigenvalue weighted by molar-refractivity contribution is 0.252. The van der Waals surface area contributed by atoms with Crippen molar-refractivity contribution in [1.82, 2.24) is 15.5 Å². The van der Waals surface area contributed by atoms with Gasteiger partial charge in [-0.25, -0.2) is 0 Å². The lowest BCUT2D eigenvalue weighted by Gasteiger charge is -2.30. The van der Waals surface area contributed by atoms with Crippen LogP contribution < -0.4 is 5.32 Å². The highest BCUT2D eigenvalue weighted by atomic mass is 16.5. The maximum atomic E-state index is 5.19. The zero-order valence-corrected chi connectivity index (χ0v) is 8.08. The molecule has 4 nitrogen and oxygen atoms in total. The van der Waals surface area contributed by atoms with Gasteiger partial charge in [0.25, 0.3) is 0 Å². The minimum Gasteiger partial charge on any atom is -0.339 e. The summed E-state index contributed by atoms with van der Waals surface area (Å²) in [4.78, 5) is 4.33. The molecule has 1 aliphatic rings. The lowest BCUT2D eigenvalue weighted by Crippen LogP contribution is -2.44. The van der Waals surface area contributed by atoms with E-state index in [4.69, 9.17) is 4.52 Å². The third-order valence-electron chi connectivity index (χ3n) is 2.71. The predicted molar refractivity (Wildman–Crippen MR) is 48.5 cm³/mol. The number of nitrogens with zero attached hydrogens (tertiary/aromatic N) is 2. The Morgan fingerprint density at radius 3 is 2.85 bits per heavy atom. The predicted octanol–water partition coefficient (Wildman–Crippen LogP) is 0.955. The van der Waals surface area contributed by atoms with Crippen LogP contribution in [0.25, 0.3) is 0 Å². The Morgan fingerprint density at radius 2 is 2.38 bits per heavy atom. The average molecular weight is 181 g/mol. The summed E-state index contributed by atoms with van der Waals surface area (Å²) in [5, 5.41) is 7.13. The fourth-order valence-electron chi connectivity index (χ4n) is 1.46. The molecular formula is C9H15N3O. The molecule has 0 saturated carbocycles. The minimum absolute atomic E-state index is 0.397. The van der Waals surface area contributed by atoms with Crippen LogP contribution in [0.15, 0.2) is 4.52 Å². The van der Waals surface area contributed by atoms with Crippen molar-refractivity contribution in [1.29, 1.82) is 0 Å². The van der Waals surface area contributed by atoms with Crippen LogP contribution in [0.2, 0.25) is 0 Å². The minimum atomic E-state index is 0.397. The van der Waals surface area contributed by atoms with Crippen LogP contribution in [0.5, 0.6) is 0 Å². The first-order valence-electron chi connectivity index (χ1n) is 4.84. The number of aryl methyl sites for hydroxylation is 1. The highest BCUT2D eigenvalue weighted by Crippen LogP contribution is 2.25. The van der Waals surface area contributed by atoms with E-state index in [2.05, 4.69) is 22.4 Å². The van der Waals surface area contributed by atoms with E-state index < -0.39 is 0 Å². The third kappa shape index (κ3) is 1.58. The maximum Gasteiger partial charge on any atom is 0.229 e. The van der Waals surface area contributed by atoms with Gasteiger partial charge in [-0.15, -0.1) is 0 Å². The Morgan fingerprint density at radius 1 is 1.62 bits per heavy atom. The van der Waals surface area contributed by atoms with Gasteiger partial charge in [-0.3, -0.25) is 0 Å². The Labute approximate surface area is 77.7 Å². The van der Waals surface area contributed by atoms with Gasteiger partial charge >= 0.3 is 0 Å². The molecular weight excluding hydrogens is 166 g/mol. The molecule has 0 spiro atoms. The highest BCUT2D eigenvalue weighted by Gasteiger charge is 2.28. The first kappa shape index (κ1) is 8.69. The molecule has 13 heavy (non-hydrogen) atoms. The molecule has 1 aromatic heterocycles. The molecule has 1 unspecified atom stereocenters. The summed E-state index contributed by atoms with van der Waals surface area (Å²) >= 11 is 0. The quantitative estimate of drug-likeness (QED) is 0.754. The molecule has 1 aliphatic heterocycles. The van der Waals surface area contributed by atoms with Crippen LogP contribution in [0.3, 0.4) is 0 Å². The van der Waals surface area contributed by atoms with Gasteiger partial charge in [0.1, 0.15) is 0 Å². The molecule has 0 bridgehead atoms. The summed E-state index contributed by atoms with van der Waals surface area (Å²) in [5.74, 6) is 2.68. The summed E-state index contributed by atoms with van der Waals surface area (Å²) in [6, 6.07) is 0. The second-order valence-electron chi connectivity index (χ2n) is 3.61. The van der Waals surface area contributed by atoms with Crippen LogP contribution >= 0.6 is 0 Å². The van der Waals surface area contributed by atoms with Crippen molar-refractivity contribution in [2.24, 2.45) is 5.92 Å². The van der Waals surface area contributed by atoms with Gasteiger partial charge in [0.2, 0.25) is 5.89 Å². The lowest BCUT2D eigenvalue weighted by atomic mass is 9.89. The van der Waals surface area contributed by atoms with Crippen LogP contribution in [0.4, 0.5) is 0 Å². The van der Waals surface area contributed by atoms with Crippen molar-refractivity contribution in [3.63, 3.8) is 0 Å². The van der Waals surface area contributed by atoms with E-state index in [0.29, 0.717) is 11.8 Å². The normalized spacial score (nSPS) is 19.8. The summed E-state index contributed by atoms with van der Waals surface area (Å²) in [7, 11) is 0. The average Bonchev–Trinajstić information content (AvgIpc) is 2.48. The Bertz CT molecular complexity index is 280. The molecule has 1 atom stereocenters. The SMILES string of the molecule is CCc1noc(C(C)C2CNC2)n1. The summed E-state index contributed by atoms with van der Waals surface area (Å²) in [6.07, 6.45) is 0.846. The fraction of sp³-hybridized carbons (Fsp3) is 0.778.